The predicted octanol–water partition coefficient (Wildman–Crippen LogP) is 4.80. The van der Waals surface area contributed by atoms with Crippen LogP contribution in [-0.2, 0) is 6.42 Å². The van der Waals surface area contributed by atoms with Crippen molar-refractivity contribution in [2.24, 2.45) is 0 Å². The monoisotopic (exact) mass is 368 g/mol. The van der Waals surface area contributed by atoms with Gasteiger partial charge in [-0.1, -0.05) is 56.1 Å². The number of aryl methyl sites for hydroxylation is 1. The predicted molar refractivity (Wildman–Crippen MR) is 81.7 cm³/mol. The third-order valence-electron chi connectivity index (χ3n) is 2.97. The summed E-state index contributed by atoms with van der Waals surface area (Å²) in [6.07, 6.45) is 0.125. The van der Waals surface area contributed by atoms with Gasteiger partial charge in [0.05, 0.1) is 6.10 Å². The molecule has 2 aromatic carbocycles. The molecule has 1 nitrogen and oxygen atoms in total. The standard InChI is InChI=1S/C15H14Br2O/c1-10-6-7-12(16)9-13(10)15(18)8-11-4-2-3-5-14(11)17/h2-7,9,15,18H,8H2,1H3. The number of hydrogen-bond acceptors (Lipinski definition) is 1. The molecule has 0 aliphatic heterocycles. The Morgan fingerprint density at radius 2 is 1.83 bits per heavy atom. The van der Waals surface area contributed by atoms with Crippen molar-refractivity contribution in [1.29, 1.82) is 0 Å². The third-order valence-corrected chi connectivity index (χ3v) is 4.24. The van der Waals surface area contributed by atoms with Crippen LogP contribution in [0.3, 0.4) is 0 Å². The first-order valence-electron chi connectivity index (χ1n) is 5.75. The fraction of sp³-hybridized carbons (Fsp3) is 0.200. The quantitative estimate of drug-likeness (QED) is 0.824. The van der Waals surface area contributed by atoms with Crippen LogP contribution >= 0.6 is 31.9 Å². The Hall–Kier alpha value is -0.640. The molecule has 94 valence electrons. The van der Waals surface area contributed by atoms with E-state index in [9.17, 15) is 5.11 Å². The Labute approximate surface area is 124 Å². The summed E-state index contributed by atoms with van der Waals surface area (Å²) in [7, 11) is 0. The van der Waals surface area contributed by atoms with Gasteiger partial charge in [0.15, 0.2) is 0 Å². The second kappa shape index (κ2) is 6.00. The van der Waals surface area contributed by atoms with Gasteiger partial charge in [-0.15, -0.1) is 0 Å². The van der Waals surface area contributed by atoms with E-state index in [1.807, 2.05) is 49.4 Å². The molecule has 0 radical (unpaired) electrons. The van der Waals surface area contributed by atoms with Gasteiger partial charge in [0.25, 0.3) is 0 Å². The SMILES string of the molecule is Cc1ccc(Br)cc1C(O)Cc1ccccc1Br. The van der Waals surface area contributed by atoms with E-state index in [2.05, 4.69) is 31.9 Å². The minimum absolute atomic E-state index is 0.485. The van der Waals surface area contributed by atoms with Gasteiger partial charge in [-0.05, 0) is 41.8 Å². The zero-order valence-corrected chi connectivity index (χ0v) is 13.2. The van der Waals surface area contributed by atoms with Crippen LogP contribution < -0.4 is 0 Å². The van der Waals surface area contributed by atoms with Gasteiger partial charge in [0, 0.05) is 15.4 Å². The Kier molecular flexibility index (Phi) is 4.60. The summed E-state index contributed by atoms with van der Waals surface area (Å²) >= 11 is 6.95. The summed E-state index contributed by atoms with van der Waals surface area (Å²) in [5.41, 5.74) is 3.20. The van der Waals surface area contributed by atoms with Crippen LogP contribution in [0.15, 0.2) is 51.4 Å². The van der Waals surface area contributed by atoms with Crippen LogP contribution in [0.4, 0.5) is 0 Å². The highest BCUT2D eigenvalue weighted by atomic mass is 79.9. The van der Waals surface area contributed by atoms with Crippen molar-refractivity contribution < 1.29 is 5.11 Å². The molecule has 0 spiro atoms. The average Bonchev–Trinajstić information content (AvgIpc) is 2.35. The van der Waals surface area contributed by atoms with Crippen molar-refractivity contribution in [3.8, 4) is 0 Å². The van der Waals surface area contributed by atoms with E-state index < -0.39 is 6.10 Å². The van der Waals surface area contributed by atoms with Crippen LogP contribution in [0.5, 0.6) is 0 Å². The smallest absolute Gasteiger partial charge is 0.0833 e. The van der Waals surface area contributed by atoms with Crippen molar-refractivity contribution in [2.45, 2.75) is 19.4 Å². The Bertz CT molecular complexity index is 552. The molecule has 0 heterocycles. The number of aliphatic hydroxyl groups excluding tert-OH is 1. The molecule has 3 heteroatoms. The summed E-state index contributed by atoms with van der Waals surface area (Å²) in [5, 5.41) is 10.4. The molecule has 18 heavy (non-hydrogen) atoms. The van der Waals surface area contributed by atoms with Crippen LogP contribution in [0.25, 0.3) is 0 Å². The Morgan fingerprint density at radius 3 is 2.56 bits per heavy atom. The molecule has 0 aliphatic rings. The van der Waals surface area contributed by atoms with Gasteiger partial charge in [-0.3, -0.25) is 0 Å². The fourth-order valence-corrected chi connectivity index (χ4v) is 2.78. The first kappa shape index (κ1) is 13.8. The van der Waals surface area contributed by atoms with Crippen molar-refractivity contribution in [3.63, 3.8) is 0 Å². The molecule has 0 saturated heterocycles. The molecule has 0 aromatic heterocycles. The topological polar surface area (TPSA) is 20.2 Å². The summed E-state index contributed by atoms with van der Waals surface area (Å²) in [4.78, 5) is 0. The van der Waals surface area contributed by atoms with E-state index in [0.717, 1.165) is 25.6 Å². The molecule has 0 bridgehead atoms. The first-order valence-corrected chi connectivity index (χ1v) is 7.34. The molecule has 1 atom stereocenters. The lowest BCUT2D eigenvalue weighted by molar-refractivity contribution is 0.177. The van der Waals surface area contributed by atoms with Crippen molar-refractivity contribution in [3.05, 3.63) is 68.1 Å². The zero-order valence-electron chi connectivity index (χ0n) is 10.0. The van der Waals surface area contributed by atoms with Gasteiger partial charge in [-0.2, -0.15) is 0 Å². The molecule has 2 rings (SSSR count). The third kappa shape index (κ3) is 3.22. The van der Waals surface area contributed by atoms with Crippen molar-refractivity contribution >= 4 is 31.9 Å². The van der Waals surface area contributed by atoms with E-state index in [1.54, 1.807) is 0 Å². The van der Waals surface area contributed by atoms with Crippen LogP contribution in [0.2, 0.25) is 0 Å². The van der Waals surface area contributed by atoms with Gasteiger partial charge < -0.3 is 5.11 Å². The summed E-state index contributed by atoms with van der Waals surface area (Å²) in [6.45, 7) is 2.02. The second-order valence-corrected chi connectivity index (χ2v) is 6.08. The number of aliphatic hydroxyl groups is 1. The van der Waals surface area contributed by atoms with E-state index >= 15 is 0 Å². The van der Waals surface area contributed by atoms with Crippen molar-refractivity contribution in [2.75, 3.05) is 0 Å². The Morgan fingerprint density at radius 1 is 1.11 bits per heavy atom. The maximum atomic E-state index is 10.4. The minimum Gasteiger partial charge on any atom is -0.388 e. The highest BCUT2D eigenvalue weighted by Gasteiger charge is 2.13. The van der Waals surface area contributed by atoms with Gasteiger partial charge in [0.1, 0.15) is 0 Å². The largest absolute Gasteiger partial charge is 0.388 e. The van der Waals surface area contributed by atoms with Gasteiger partial charge >= 0.3 is 0 Å². The molecule has 0 amide bonds. The van der Waals surface area contributed by atoms with Gasteiger partial charge in [-0.25, -0.2) is 0 Å². The van der Waals surface area contributed by atoms with Crippen LogP contribution in [-0.4, -0.2) is 5.11 Å². The molecule has 1 N–H and O–H groups in total. The number of benzene rings is 2. The molecule has 2 aromatic rings. The van der Waals surface area contributed by atoms with E-state index in [4.69, 9.17) is 0 Å². The molecular weight excluding hydrogens is 356 g/mol. The van der Waals surface area contributed by atoms with E-state index in [-0.39, 0.29) is 0 Å². The Balaban J connectivity index is 2.25. The maximum absolute atomic E-state index is 10.4. The lowest BCUT2D eigenvalue weighted by atomic mass is 9.98. The minimum atomic E-state index is -0.485. The molecular formula is C15H14Br2O. The van der Waals surface area contributed by atoms with Crippen LogP contribution in [0.1, 0.15) is 22.8 Å². The molecule has 1 unspecified atom stereocenters. The van der Waals surface area contributed by atoms with Crippen molar-refractivity contribution in [1.82, 2.24) is 0 Å². The van der Waals surface area contributed by atoms with Gasteiger partial charge in [0.2, 0.25) is 0 Å². The summed E-state index contributed by atoms with van der Waals surface area (Å²) in [6, 6.07) is 14.0. The average molecular weight is 370 g/mol. The highest BCUT2D eigenvalue weighted by molar-refractivity contribution is 9.10. The fourth-order valence-electron chi connectivity index (χ4n) is 1.95. The maximum Gasteiger partial charge on any atom is 0.0833 e. The highest BCUT2D eigenvalue weighted by Crippen LogP contribution is 2.27. The second-order valence-electron chi connectivity index (χ2n) is 4.31. The number of rotatable bonds is 3. The number of halogens is 2. The number of hydrogen-bond donors (Lipinski definition) is 1. The molecule has 0 fully saturated rings. The summed E-state index contributed by atoms with van der Waals surface area (Å²) in [5.74, 6) is 0. The lowest BCUT2D eigenvalue weighted by Gasteiger charge is -2.15. The van der Waals surface area contributed by atoms with Crippen LogP contribution in [0, 0.1) is 6.92 Å². The zero-order chi connectivity index (χ0) is 13.1. The van der Waals surface area contributed by atoms with E-state index in [1.165, 1.54) is 0 Å². The molecule has 0 aliphatic carbocycles. The molecule has 0 saturated carbocycles. The summed E-state index contributed by atoms with van der Waals surface area (Å²) < 4.78 is 2.03. The normalized spacial score (nSPS) is 12.4. The lowest BCUT2D eigenvalue weighted by Crippen LogP contribution is -2.04. The van der Waals surface area contributed by atoms with E-state index in [0.29, 0.717) is 6.42 Å². The first-order chi connectivity index (χ1) is 8.58.